The van der Waals surface area contributed by atoms with Crippen LogP contribution in [0.1, 0.15) is 51.9 Å². The van der Waals surface area contributed by atoms with Crippen LogP contribution in [0.5, 0.6) is 0 Å². The first-order valence-corrected chi connectivity index (χ1v) is 12.0. The fraction of sp³-hybridized carbons (Fsp3) is 0.385. The van der Waals surface area contributed by atoms with Crippen molar-refractivity contribution in [2.75, 3.05) is 11.9 Å². The van der Waals surface area contributed by atoms with Crippen LogP contribution >= 0.6 is 15.9 Å². The van der Waals surface area contributed by atoms with E-state index < -0.39 is 11.9 Å². The minimum absolute atomic E-state index is 0. The van der Waals surface area contributed by atoms with Crippen LogP contribution in [0, 0.1) is 0 Å². The Balaban J connectivity index is 0. The molecule has 3 rings (SSSR count). The number of hydrogen-bond donors (Lipinski definition) is 2. The third-order valence-corrected chi connectivity index (χ3v) is 4.51. The molecular weight excluding hydrogens is 511 g/mol. The van der Waals surface area contributed by atoms with Crippen LogP contribution in [0.3, 0.4) is 0 Å². The molecule has 0 bridgehead atoms. The number of alkyl halides is 1. The molecule has 2 aliphatic carbocycles. The summed E-state index contributed by atoms with van der Waals surface area (Å²) in [5.41, 5.74) is 2.31. The van der Waals surface area contributed by atoms with Gasteiger partial charge < -0.3 is 14.9 Å². The normalized spacial score (nSPS) is 12.3. The van der Waals surface area contributed by atoms with Crippen molar-refractivity contribution in [3.8, 4) is 0 Å². The summed E-state index contributed by atoms with van der Waals surface area (Å²) in [6.07, 6.45) is 16.4. The van der Waals surface area contributed by atoms with Crippen LogP contribution < -0.4 is 29.6 Å². The largest absolute Gasteiger partial charge is 1.00 e. The van der Waals surface area contributed by atoms with E-state index in [4.69, 9.17) is 10.2 Å². The topological polar surface area (TPSA) is 101 Å². The maximum atomic E-state index is 10.4. The van der Waals surface area contributed by atoms with Gasteiger partial charge in [0.25, 0.3) is 0 Å². The van der Waals surface area contributed by atoms with Gasteiger partial charge in [-0.05, 0) is 32.6 Å². The molecule has 1 aromatic carbocycles. The van der Waals surface area contributed by atoms with Gasteiger partial charge in [-0.3, -0.25) is 14.4 Å². The quantitative estimate of drug-likeness (QED) is 0.214. The van der Waals surface area contributed by atoms with Crippen molar-refractivity contribution in [2.45, 2.75) is 51.9 Å². The molecule has 0 spiro atoms. The first kappa shape index (κ1) is 34.4. The number of carbonyl (C=O) groups is 3. The first-order valence-electron chi connectivity index (χ1n) is 10.9. The van der Waals surface area contributed by atoms with Crippen LogP contribution in [0.25, 0.3) is 0 Å². The van der Waals surface area contributed by atoms with Crippen LogP contribution in [0.2, 0.25) is 0 Å². The molecular formula is C26H34BrNaO6. The summed E-state index contributed by atoms with van der Waals surface area (Å²) < 4.78 is 4.61. The van der Waals surface area contributed by atoms with E-state index in [1.807, 2.05) is 54.6 Å². The van der Waals surface area contributed by atoms with Crippen LogP contribution in [-0.4, -0.2) is 40.1 Å². The number of ether oxygens (including phenoxy) is 1. The Kier molecular flexibility index (Phi) is 24.6. The van der Waals surface area contributed by atoms with Gasteiger partial charge in [0, 0.05) is 18.2 Å². The van der Waals surface area contributed by atoms with Crippen molar-refractivity contribution < 1.29 is 58.9 Å². The van der Waals surface area contributed by atoms with E-state index in [1.54, 1.807) is 6.92 Å². The van der Waals surface area contributed by atoms with Crippen molar-refractivity contribution in [1.82, 2.24) is 0 Å². The van der Waals surface area contributed by atoms with Gasteiger partial charge in [-0.2, -0.15) is 18.2 Å². The maximum Gasteiger partial charge on any atom is 1.00 e. The second kappa shape index (κ2) is 24.3. The van der Waals surface area contributed by atoms with E-state index in [9.17, 15) is 14.4 Å². The summed E-state index contributed by atoms with van der Waals surface area (Å²) in [6, 6.07) is 10.0. The van der Waals surface area contributed by atoms with Gasteiger partial charge in [0.05, 0.1) is 13.0 Å². The van der Waals surface area contributed by atoms with Crippen molar-refractivity contribution >= 4 is 33.8 Å². The predicted molar refractivity (Wildman–Crippen MR) is 134 cm³/mol. The summed E-state index contributed by atoms with van der Waals surface area (Å²) in [5.74, 6) is -1.58. The maximum absolute atomic E-state index is 10.4. The Morgan fingerprint density at radius 3 is 1.65 bits per heavy atom. The molecule has 2 aliphatic rings. The number of carbonyl (C=O) groups excluding carboxylic acids is 1. The molecule has 0 heterocycles. The van der Waals surface area contributed by atoms with Crippen LogP contribution in [0.15, 0.2) is 77.9 Å². The number of hydrogen-bond acceptors (Lipinski definition) is 4. The molecule has 0 unspecified atom stereocenters. The van der Waals surface area contributed by atoms with Crippen molar-refractivity contribution in [3.63, 3.8) is 0 Å². The monoisotopic (exact) mass is 544 g/mol. The molecule has 1 aromatic rings. The molecule has 34 heavy (non-hydrogen) atoms. The summed E-state index contributed by atoms with van der Waals surface area (Å²) in [4.78, 5) is 30.6. The molecule has 0 atom stereocenters. The predicted octanol–water partition coefficient (Wildman–Crippen LogP) is 3.22. The van der Waals surface area contributed by atoms with Crippen LogP contribution in [-0.2, 0) is 19.1 Å². The molecule has 182 valence electrons. The number of carboxylic acid groups (broad SMARTS) is 2. The van der Waals surface area contributed by atoms with E-state index in [0.29, 0.717) is 31.2 Å². The third-order valence-electron chi connectivity index (χ3n) is 4.11. The minimum Gasteiger partial charge on any atom is -0.481 e. The summed E-state index contributed by atoms with van der Waals surface area (Å²) in [6.45, 7) is 2.28. The molecule has 0 aromatic heterocycles. The number of allylic oxidation sites excluding steroid dienone is 8. The standard InChI is InChI=1S/2C8H10O2.C5H9BrO2.C5H5.Na/c2*9-8(10)6-5-7-3-1-2-4-7;1-2-8-5(7)3-4-6;1-2-4-5-3-1;/h2*1,3-4H,2,5-6H2,(H,9,10);2-4H2,1H3;1-5H;/q;;;-1;+1. The van der Waals surface area contributed by atoms with Crippen molar-refractivity contribution in [2.24, 2.45) is 0 Å². The zero-order chi connectivity index (χ0) is 24.7. The summed E-state index contributed by atoms with van der Waals surface area (Å²) in [7, 11) is 0. The number of esters is 1. The van der Waals surface area contributed by atoms with E-state index in [1.165, 1.54) is 0 Å². The zero-order valence-electron chi connectivity index (χ0n) is 20.1. The van der Waals surface area contributed by atoms with Gasteiger partial charge >= 0.3 is 47.5 Å². The fourth-order valence-electron chi connectivity index (χ4n) is 2.52. The molecule has 0 amide bonds. The van der Waals surface area contributed by atoms with E-state index in [0.717, 1.165) is 24.0 Å². The molecule has 8 heteroatoms. The van der Waals surface area contributed by atoms with Gasteiger partial charge in [-0.15, -0.1) is 0 Å². The van der Waals surface area contributed by atoms with Gasteiger partial charge in [0.2, 0.25) is 0 Å². The molecule has 0 saturated carbocycles. The molecule has 6 nitrogen and oxygen atoms in total. The number of halogens is 1. The molecule has 0 saturated heterocycles. The second-order valence-corrected chi connectivity index (χ2v) is 7.62. The van der Waals surface area contributed by atoms with Gasteiger partial charge in [0.15, 0.2) is 0 Å². The van der Waals surface area contributed by atoms with Gasteiger partial charge in [-0.25, -0.2) is 12.1 Å². The smallest absolute Gasteiger partial charge is 0.481 e. The molecule has 0 aliphatic heterocycles. The number of aliphatic carboxylic acids is 2. The average Bonchev–Trinajstić information content (AvgIpc) is 3.57. The van der Waals surface area contributed by atoms with Crippen molar-refractivity contribution in [3.05, 3.63) is 77.9 Å². The van der Waals surface area contributed by atoms with E-state index in [-0.39, 0.29) is 48.4 Å². The minimum atomic E-state index is -0.721. The van der Waals surface area contributed by atoms with Crippen molar-refractivity contribution in [1.29, 1.82) is 0 Å². The summed E-state index contributed by atoms with van der Waals surface area (Å²) in [5, 5.41) is 17.3. The van der Waals surface area contributed by atoms with E-state index in [2.05, 4.69) is 32.8 Å². The number of rotatable bonds is 9. The van der Waals surface area contributed by atoms with Crippen LogP contribution in [0.4, 0.5) is 0 Å². The molecule has 0 radical (unpaired) electrons. The Morgan fingerprint density at radius 1 is 0.912 bits per heavy atom. The Bertz CT molecular complexity index is 725. The SMILES string of the molecule is CCOC(=O)CCBr.O=C(O)CCC1=CCC=C1.O=C(O)CCC1=CCC=C1.[Na+].c1cc[cH-]c1. The van der Waals surface area contributed by atoms with Gasteiger partial charge in [-0.1, -0.05) is 63.5 Å². The fourth-order valence-corrected chi connectivity index (χ4v) is 2.84. The Labute approximate surface area is 233 Å². The molecule has 2 N–H and O–H groups in total. The van der Waals surface area contributed by atoms with E-state index >= 15 is 0 Å². The molecule has 0 fully saturated rings. The number of carboxylic acids is 2. The Morgan fingerprint density at radius 2 is 1.38 bits per heavy atom. The zero-order valence-corrected chi connectivity index (χ0v) is 23.7. The third kappa shape index (κ3) is 23.4. The average molecular weight is 545 g/mol. The summed E-state index contributed by atoms with van der Waals surface area (Å²) >= 11 is 3.12. The van der Waals surface area contributed by atoms with Gasteiger partial charge in [0.1, 0.15) is 0 Å². The first-order chi connectivity index (χ1) is 15.9. The second-order valence-electron chi connectivity index (χ2n) is 6.83. The Hall–Kier alpha value is -1.80.